The Morgan fingerprint density at radius 1 is 1.10 bits per heavy atom. The number of methoxy groups -OCH3 is 1. The maximum atomic E-state index is 11.9. The lowest BCUT2D eigenvalue weighted by molar-refractivity contribution is 0.390. The Morgan fingerprint density at radius 3 is 2.40 bits per heavy atom. The molecule has 0 amide bonds. The molecule has 0 bridgehead atoms. The van der Waals surface area contributed by atoms with Crippen LogP contribution in [0.4, 0.5) is 11.4 Å². The highest BCUT2D eigenvalue weighted by atomic mass is 32.2. The first-order valence-corrected chi connectivity index (χ1v) is 7.11. The zero-order valence-corrected chi connectivity index (χ0v) is 11.6. The molecule has 0 saturated carbocycles. The summed E-state index contributed by atoms with van der Waals surface area (Å²) in [4.78, 5) is -0.0153. The number of nitrogen functional groups attached to an aromatic ring is 1. The molecule has 0 aliphatic heterocycles. The molecule has 106 valence electrons. The molecule has 0 aliphatic rings. The largest absolute Gasteiger partial charge is 0.497 e. The zero-order chi connectivity index (χ0) is 14.6. The van der Waals surface area contributed by atoms with Gasteiger partial charge in [0.15, 0.2) is 0 Å². The second-order valence-corrected chi connectivity index (χ2v) is 5.49. The summed E-state index contributed by atoms with van der Waals surface area (Å²) in [6, 6.07) is 12.5. The summed E-state index contributed by atoms with van der Waals surface area (Å²) in [6.07, 6.45) is 0. The lowest BCUT2D eigenvalue weighted by Gasteiger charge is -2.08. The molecule has 0 unspecified atom stereocenters. The van der Waals surface area contributed by atoms with E-state index in [-0.39, 0.29) is 4.90 Å². The Bertz CT molecular complexity index is 684. The van der Waals surface area contributed by atoms with Gasteiger partial charge in [-0.05, 0) is 42.5 Å². The van der Waals surface area contributed by atoms with Gasteiger partial charge < -0.3 is 10.5 Å². The van der Waals surface area contributed by atoms with Crippen LogP contribution in [-0.2, 0) is 14.4 Å². The van der Waals surface area contributed by atoms with E-state index >= 15 is 0 Å². The lowest BCUT2D eigenvalue weighted by Crippen LogP contribution is -2.11. The predicted molar refractivity (Wildman–Crippen MR) is 75.7 cm³/mol. The minimum Gasteiger partial charge on any atom is -0.497 e. The minimum absolute atomic E-state index is 0.0153. The number of rotatable bonds is 5. The molecule has 2 aromatic rings. The van der Waals surface area contributed by atoms with Gasteiger partial charge in [-0.25, -0.2) is 5.48 Å². The zero-order valence-electron chi connectivity index (χ0n) is 10.7. The van der Waals surface area contributed by atoms with Crippen LogP contribution in [0.1, 0.15) is 0 Å². The van der Waals surface area contributed by atoms with Crippen molar-refractivity contribution in [3.8, 4) is 5.75 Å². The third-order valence-corrected chi connectivity index (χ3v) is 3.64. The van der Waals surface area contributed by atoms with Crippen molar-refractivity contribution in [1.29, 1.82) is 0 Å². The Hall–Kier alpha value is -2.25. The van der Waals surface area contributed by atoms with Crippen molar-refractivity contribution in [2.24, 2.45) is 0 Å². The SMILES string of the molecule is COc1ccc(NOS(=O)(=O)c2cccc(N)c2)cc1. The van der Waals surface area contributed by atoms with Crippen molar-refractivity contribution < 1.29 is 17.4 Å². The first-order valence-electron chi connectivity index (χ1n) is 5.70. The Labute approximate surface area is 117 Å². The molecule has 6 nitrogen and oxygen atoms in total. The summed E-state index contributed by atoms with van der Waals surface area (Å²) in [5.74, 6) is 0.661. The molecule has 0 fully saturated rings. The van der Waals surface area contributed by atoms with Crippen LogP contribution >= 0.6 is 0 Å². The molecule has 7 heteroatoms. The average Bonchev–Trinajstić information content (AvgIpc) is 2.46. The Balaban J connectivity index is 2.09. The molecule has 0 atom stereocenters. The fourth-order valence-corrected chi connectivity index (χ4v) is 2.31. The average molecular weight is 294 g/mol. The van der Waals surface area contributed by atoms with Crippen LogP contribution in [0.2, 0.25) is 0 Å². The molecular weight excluding hydrogens is 280 g/mol. The van der Waals surface area contributed by atoms with Gasteiger partial charge in [0.05, 0.1) is 17.7 Å². The summed E-state index contributed by atoms with van der Waals surface area (Å²) in [7, 11) is -2.37. The van der Waals surface area contributed by atoms with E-state index in [1.54, 1.807) is 43.5 Å². The number of nitrogens with one attached hydrogen (secondary N) is 1. The van der Waals surface area contributed by atoms with Gasteiger partial charge in [0, 0.05) is 5.69 Å². The Morgan fingerprint density at radius 2 is 1.80 bits per heavy atom. The molecule has 3 N–H and O–H groups in total. The van der Waals surface area contributed by atoms with Crippen LogP contribution in [0.25, 0.3) is 0 Å². The van der Waals surface area contributed by atoms with Crippen LogP contribution in [-0.4, -0.2) is 15.5 Å². The maximum absolute atomic E-state index is 11.9. The highest BCUT2D eigenvalue weighted by Gasteiger charge is 2.15. The van der Waals surface area contributed by atoms with E-state index in [0.717, 1.165) is 0 Å². The summed E-state index contributed by atoms with van der Waals surface area (Å²) >= 11 is 0. The van der Waals surface area contributed by atoms with E-state index in [1.165, 1.54) is 12.1 Å². The molecular formula is C13H14N2O4S. The molecule has 20 heavy (non-hydrogen) atoms. The summed E-state index contributed by atoms with van der Waals surface area (Å²) in [6.45, 7) is 0. The van der Waals surface area contributed by atoms with E-state index in [4.69, 9.17) is 14.8 Å². The smallest absolute Gasteiger partial charge is 0.317 e. The number of anilines is 2. The molecule has 0 aliphatic carbocycles. The van der Waals surface area contributed by atoms with Gasteiger partial charge in [0.1, 0.15) is 5.75 Å². The Kier molecular flexibility index (Phi) is 4.11. The minimum atomic E-state index is -3.92. The van der Waals surface area contributed by atoms with E-state index < -0.39 is 10.1 Å². The molecule has 0 aromatic heterocycles. The van der Waals surface area contributed by atoms with Crippen LogP contribution < -0.4 is 16.0 Å². The molecule has 2 aromatic carbocycles. The first-order chi connectivity index (χ1) is 9.51. The third-order valence-electron chi connectivity index (χ3n) is 2.51. The van der Waals surface area contributed by atoms with E-state index in [1.807, 2.05) is 0 Å². The molecule has 0 radical (unpaired) electrons. The normalized spacial score (nSPS) is 11.1. The number of nitrogens with two attached hydrogens (primary N) is 1. The predicted octanol–water partition coefficient (Wildman–Crippen LogP) is 2.01. The number of benzene rings is 2. The van der Waals surface area contributed by atoms with Crippen molar-refractivity contribution in [2.45, 2.75) is 4.90 Å². The van der Waals surface area contributed by atoms with Crippen LogP contribution in [0.15, 0.2) is 53.4 Å². The van der Waals surface area contributed by atoms with E-state index in [9.17, 15) is 8.42 Å². The van der Waals surface area contributed by atoms with Crippen LogP contribution in [0.5, 0.6) is 5.75 Å². The van der Waals surface area contributed by atoms with Crippen molar-refractivity contribution in [1.82, 2.24) is 0 Å². The van der Waals surface area contributed by atoms with Crippen LogP contribution in [0.3, 0.4) is 0 Å². The summed E-state index contributed by atoms with van der Waals surface area (Å²) < 4.78 is 33.6. The fourth-order valence-electron chi connectivity index (χ4n) is 1.48. The van der Waals surface area contributed by atoms with Gasteiger partial charge >= 0.3 is 10.1 Å². The van der Waals surface area contributed by atoms with Crippen molar-refractivity contribution in [3.63, 3.8) is 0 Å². The lowest BCUT2D eigenvalue weighted by atomic mass is 10.3. The van der Waals surface area contributed by atoms with Gasteiger partial charge in [-0.3, -0.25) is 0 Å². The van der Waals surface area contributed by atoms with E-state index in [0.29, 0.717) is 17.1 Å². The van der Waals surface area contributed by atoms with Gasteiger partial charge in [-0.1, -0.05) is 6.07 Å². The molecule has 0 saturated heterocycles. The van der Waals surface area contributed by atoms with E-state index in [2.05, 4.69) is 5.48 Å². The number of hydrogen-bond donors (Lipinski definition) is 2. The topological polar surface area (TPSA) is 90.6 Å². The fraction of sp³-hybridized carbons (Fsp3) is 0.0769. The van der Waals surface area contributed by atoms with Gasteiger partial charge in [0.25, 0.3) is 0 Å². The van der Waals surface area contributed by atoms with Gasteiger partial charge in [-0.2, -0.15) is 8.42 Å². The monoisotopic (exact) mass is 294 g/mol. The van der Waals surface area contributed by atoms with Gasteiger partial charge in [0.2, 0.25) is 0 Å². The molecule has 2 rings (SSSR count). The highest BCUT2D eigenvalue weighted by molar-refractivity contribution is 7.86. The summed E-state index contributed by atoms with van der Waals surface area (Å²) in [5, 5.41) is 0. The highest BCUT2D eigenvalue weighted by Crippen LogP contribution is 2.18. The molecule has 0 spiro atoms. The summed E-state index contributed by atoms with van der Waals surface area (Å²) in [5.41, 5.74) is 8.74. The van der Waals surface area contributed by atoms with Crippen molar-refractivity contribution in [3.05, 3.63) is 48.5 Å². The second-order valence-electron chi connectivity index (χ2n) is 3.94. The number of hydrogen-bond acceptors (Lipinski definition) is 6. The molecule has 0 heterocycles. The van der Waals surface area contributed by atoms with Crippen molar-refractivity contribution >= 4 is 21.5 Å². The first kappa shape index (κ1) is 14.2. The standard InChI is InChI=1S/C13H14N2O4S/c1-18-12-7-5-11(6-8-12)15-19-20(16,17)13-4-2-3-10(14)9-13/h2-9,15H,14H2,1H3. The quantitative estimate of drug-likeness (QED) is 0.647. The van der Waals surface area contributed by atoms with Crippen molar-refractivity contribution in [2.75, 3.05) is 18.3 Å². The second kappa shape index (κ2) is 5.81. The van der Waals surface area contributed by atoms with Crippen LogP contribution in [0, 0.1) is 0 Å². The maximum Gasteiger partial charge on any atom is 0.317 e. The van der Waals surface area contributed by atoms with Gasteiger partial charge in [-0.15, -0.1) is 4.28 Å². The number of ether oxygens (including phenoxy) is 1. The third kappa shape index (κ3) is 3.40.